The molecule has 0 amide bonds. The van der Waals surface area contributed by atoms with Crippen LogP contribution in [0.3, 0.4) is 0 Å². The first-order valence-electron chi connectivity index (χ1n) is 7.67. The Hall–Kier alpha value is -1.06. The highest BCUT2D eigenvalue weighted by Crippen LogP contribution is 2.34. The minimum absolute atomic E-state index is 0.00575. The molecule has 1 aromatic rings. The lowest BCUT2D eigenvalue weighted by molar-refractivity contribution is 0.106. The standard InChI is InChI=1S/C17H30N2O/c1-6-13-20-15-11-9-14(10-12-15)16(18)17(7-2,8-3)19(4)5/h9-12,16H,6-8,13,18H2,1-5H3. The van der Waals surface area contributed by atoms with E-state index in [9.17, 15) is 0 Å². The Morgan fingerprint density at radius 2 is 1.65 bits per heavy atom. The summed E-state index contributed by atoms with van der Waals surface area (Å²) in [7, 11) is 4.23. The van der Waals surface area contributed by atoms with Crippen LogP contribution in [-0.4, -0.2) is 31.1 Å². The van der Waals surface area contributed by atoms with E-state index >= 15 is 0 Å². The van der Waals surface area contributed by atoms with Crippen LogP contribution in [-0.2, 0) is 0 Å². The Kier molecular flexibility index (Phi) is 6.50. The molecule has 114 valence electrons. The molecule has 0 spiro atoms. The van der Waals surface area contributed by atoms with E-state index in [0.29, 0.717) is 0 Å². The Balaban J connectivity index is 2.92. The summed E-state index contributed by atoms with van der Waals surface area (Å²) in [6, 6.07) is 8.25. The summed E-state index contributed by atoms with van der Waals surface area (Å²) in [5.41, 5.74) is 7.74. The largest absolute Gasteiger partial charge is 0.494 e. The fourth-order valence-electron chi connectivity index (χ4n) is 2.90. The lowest BCUT2D eigenvalue weighted by atomic mass is 9.80. The molecule has 0 aromatic heterocycles. The van der Waals surface area contributed by atoms with E-state index in [2.05, 4.69) is 51.9 Å². The predicted molar refractivity (Wildman–Crippen MR) is 86.2 cm³/mol. The van der Waals surface area contributed by atoms with E-state index in [4.69, 9.17) is 10.5 Å². The van der Waals surface area contributed by atoms with Crippen LogP contribution in [0.5, 0.6) is 5.75 Å². The molecule has 0 bridgehead atoms. The third-order valence-corrected chi connectivity index (χ3v) is 4.41. The number of benzene rings is 1. The van der Waals surface area contributed by atoms with Gasteiger partial charge in [0.25, 0.3) is 0 Å². The second kappa shape index (κ2) is 7.65. The summed E-state index contributed by atoms with van der Waals surface area (Å²) in [4.78, 5) is 2.26. The maximum Gasteiger partial charge on any atom is 0.119 e. The van der Waals surface area contributed by atoms with Gasteiger partial charge in [0.1, 0.15) is 5.75 Å². The van der Waals surface area contributed by atoms with Gasteiger partial charge in [-0.15, -0.1) is 0 Å². The highest BCUT2D eigenvalue weighted by Gasteiger charge is 2.36. The molecule has 0 aliphatic heterocycles. The van der Waals surface area contributed by atoms with E-state index in [0.717, 1.165) is 31.6 Å². The summed E-state index contributed by atoms with van der Waals surface area (Å²) < 4.78 is 5.62. The van der Waals surface area contributed by atoms with Crippen molar-refractivity contribution in [2.45, 2.75) is 51.6 Å². The molecule has 20 heavy (non-hydrogen) atoms. The van der Waals surface area contributed by atoms with Crippen molar-refractivity contribution in [1.82, 2.24) is 4.90 Å². The van der Waals surface area contributed by atoms with Crippen LogP contribution < -0.4 is 10.5 Å². The third-order valence-electron chi connectivity index (χ3n) is 4.41. The lowest BCUT2D eigenvalue weighted by Gasteiger charge is -2.43. The number of likely N-dealkylation sites (N-methyl/N-ethyl adjacent to an activating group) is 1. The van der Waals surface area contributed by atoms with Crippen molar-refractivity contribution >= 4 is 0 Å². The van der Waals surface area contributed by atoms with E-state index in [-0.39, 0.29) is 11.6 Å². The molecule has 1 rings (SSSR count). The molecule has 0 aliphatic carbocycles. The van der Waals surface area contributed by atoms with E-state index in [1.807, 2.05) is 12.1 Å². The number of hydrogen-bond donors (Lipinski definition) is 1. The molecule has 0 heterocycles. The average Bonchev–Trinajstić information content (AvgIpc) is 2.47. The Morgan fingerprint density at radius 1 is 1.10 bits per heavy atom. The van der Waals surface area contributed by atoms with Gasteiger partial charge < -0.3 is 15.4 Å². The summed E-state index contributed by atoms with van der Waals surface area (Å²) in [5, 5.41) is 0. The van der Waals surface area contributed by atoms with Gasteiger partial charge in [0.15, 0.2) is 0 Å². The van der Waals surface area contributed by atoms with Crippen molar-refractivity contribution in [2.24, 2.45) is 5.73 Å². The van der Waals surface area contributed by atoms with Crippen molar-refractivity contribution in [3.63, 3.8) is 0 Å². The zero-order chi connectivity index (χ0) is 15.2. The van der Waals surface area contributed by atoms with Gasteiger partial charge in [0, 0.05) is 11.6 Å². The van der Waals surface area contributed by atoms with Crippen LogP contribution in [0.1, 0.15) is 51.6 Å². The van der Waals surface area contributed by atoms with E-state index in [1.165, 1.54) is 5.56 Å². The van der Waals surface area contributed by atoms with E-state index in [1.54, 1.807) is 0 Å². The monoisotopic (exact) mass is 278 g/mol. The number of ether oxygens (including phenoxy) is 1. The quantitative estimate of drug-likeness (QED) is 0.789. The average molecular weight is 278 g/mol. The molecule has 1 aromatic carbocycles. The first-order chi connectivity index (χ1) is 9.51. The van der Waals surface area contributed by atoms with Crippen LogP contribution in [0.4, 0.5) is 0 Å². The number of hydrogen-bond acceptors (Lipinski definition) is 3. The van der Waals surface area contributed by atoms with Crippen LogP contribution in [0.25, 0.3) is 0 Å². The van der Waals surface area contributed by atoms with Crippen molar-refractivity contribution in [3.05, 3.63) is 29.8 Å². The second-order valence-electron chi connectivity index (χ2n) is 5.60. The van der Waals surface area contributed by atoms with Gasteiger partial charge in [-0.2, -0.15) is 0 Å². The first-order valence-corrected chi connectivity index (χ1v) is 7.67. The molecular weight excluding hydrogens is 248 g/mol. The van der Waals surface area contributed by atoms with Gasteiger partial charge in [0.05, 0.1) is 6.61 Å². The van der Waals surface area contributed by atoms with Gasteiger partial charge >= 0.3 is 0 Å². The Morgan fingerprint density at radius 3 is 2.05 bits per heavy atom. The molecule has 3 nitrogen and oxygen atoms in total. The van der Waals surface area contributed by atoms with Crippen molar-refractivity contribution in [3.8, 4) is 5.75 Å². The van der Waals surface area contributed by atoms with Crippen LogP contribution in [0.2, 0.25) is 0 Å². The maximum atomic E-state index is 6.56. The highest BCUT2D eigenvalue weighted by atomic mass is 16.5. The summed E-state index contributed by atoms with van der Waals surface area (Å²) in [6.07, 6.45) is 3.09. The summed E-state index contributed by atoms with van der Waals surface area (Å²) in [6.45, 7) is 7.29. The zero-order valence-corrected chi connectivity index (χ0v) is 13.6. The summed E-state index contributed by atoms with van der Waals surface area (Å²) in [5.74, 6) is 0.922. The minimum atomic E-state index is 0.00575. The fraction of sp³-hybridized carbons (Fsp3) is 0.647. The van der Waals surface area contributed by atoms with Gasteiger partial charge in [-0.25, -0.2) is 0 Å². The molecule has 2 N–H and O–H groups in total. The molecule has 1 atom stereocenters. The molecular formula is C17H30N2O. The van der Waals surface area contributed by atoms with Gasteiger partial charge in [-0.3, -0.25) is 0 Å². The molecule has 3 heteroatoms. The Bertz CT molecular complexity index is 382. The second-order valence-corrected chi connectivity index (χ2v) is 5.60. The SMILES string of the molecule is CCCOc1ccc(C(N)C(CC)(CC)N(C)C)cc1. The summed E-state index contributed by atoms with van der Waals surface area (Å²) >= 11 is 0. The number of nitrogens with two attached hydrogens (primary N) is 1. The highest BCUT2D eigenvalue weighted by molar-refractivity contribution is 5.31. The maximum absolute atomic E-state index is 6.56. The third kappa shape index (κ3) is 3.53. The fourth-order valence-corrected chi connectivity index (χ4v) is 2.90. The first kappa shape index (κ1) is 17.0. The predicted octanol–water partition coefficient (Wildman–Crippen LogP) is 3.60. The van der Waals surface area contributed by atoms with Gasteiger partial charge in [-0.1, -0.05) is 32.9 Å². The van der Waals surface area contributed by atoms with Crippen molar-refractivity contribution in [2.75, 3.05) is 20.7 Å². The van der Waals surface area contributed by atoms with Crippen LogP contribution in [0, 0.1) is 0 Å². The van der Waals surface area contributed by atoms with Crippen molar-refractivity contribution in [1.29, 1.82) is 0 Å². The number of rotatable bonds is 8. The molecule has 0 aliphatic rings. The molecule has 0 saturated carbocycles. The minimum Gasteiger partial charge on any atom is -0.494 e. The number of nitrogens with zero attached hydrogens (tertiary/aromatic N) is 1. The topological polar surface area (TPSA) is 38.5 Å². The van der Waals surface area contributed by atoms with Gasteiger partial charge in [-0.05, 0) is 51.1 Å². The molecule has 0 saturated heterocycles. The molecule has 0 fully saturated rings. The molecule has 0 radical (unpaired) electrons. The van der Waals surface area contributed by atoms with Gasteiger partial charge in [0.2, 0.25) is 0 Å². The normalized spacial score (nSPS) is 13.6. The smallest absolute Gasteiger partial charge is 0.119 e. The van der Waals surface area contributed by atoms with Crippen LogP contribution in [0.15, 0.2) is 24.3 Å². The van der Waals surface area contributed by atoms with Crippen molar-refractivity contribution < 1.29 is 4.74 Å². The zero-order valence-electron chi connectivity index (χ0n) is 13.6. The van der Waals surface area contributed by atoms with E-state index < -0.39 is 0 Å². The Labute approximate surface area is 124 Å². The molecule has 1 unspecified atom stereocenters. The lowest BCUT2D eigenvalue weighted by Crippen LogP contribution is -2.51. The van der Waals surface area contributed by atoms with Crippen LogP contribution >= 0.6 is 0 Å².